The van der Waals surface area contributed by atoms with Crippen molar-refractivity contribution in [1.82, 2.24) is 0 Å². The van der Waals surface area contributed by atoms with E-state index in [0.29, 0.717) is 0 Å². The van der Waals surface area contributed by atoms with Crippen LogP contribution in [0.2, 0.25) is 0 Å². The Labute approximate surface area is 294 Å². The predicted octanol–water partition coefficient (Wildman–Crippen LogP) is 13.9. The minimum absolute atomic E-state index is 0.0353. The number of benzene rings is 6. The molecule has 6 aromatic carbocycles. The second-order valence-electron chi connectivity index (χ2n) is 16.6. The molecule has 0 unspecified atom stereocenters. The van der Waals surface area contributed by atoms with E-state index in [-0.39, 0.29) is 16.2 Å². The lowest BCUT2D eigenvalue weighted by Gasteiger charge is -2.28. The van der Waals surface area contributed by atoms with Crippen molar-refractivity contribution < 1.29 is 8.83 Å². The van der Waals surface area contributed by atoms with E-state index in [1.807, 2.05) is 6.07 Å². The van der Waals surface area contributed by atoms with E-state index >= 15 is 0 Å². The monoisotopic (exact) mass is 653 g/mol. The molecule has 0 radical (unpaired) electrons. The molecule has 0 atom stereocenters. The molecule has 1 aliphatic rings. The minimum atomic E-state index is -0.104. The zero-order valence-corrected chi connectivity index (χ0v) is 30.2. The van der Waals surface area contributed by atoms with Gasteiger partial charge in [0.15, 0.2) is 5.58 Å². The minimum Gasteiger partial charge on any atom is -0.456 e. The molecule has 0 bridgehead atoms. The van der Waals surface area contributed by atoms with Gasteiger partial charge in [-0.2, -0.15) is 0 Å². The van der Waals surface area contributed by atoms with Gasteiger partial charge in [0, 0.05) is 32.8 Å². The van der Waals surface area contributed by atoms with Crippen molar-refractivity contribution in [2.45, 2.75) is 71.6 Å². The van der Waals surface area contributed by atoms with Gasteiger partial charge in [-0.15, -0.1) is 0 Å². The predicted molar refractivity (Wildman–Crippen MR) is 211 cm³/mol. The van der Waals surface area contributed by atoms with E-state index in [4.69, 9.17) is 8.83 Å². The van der Waals surface area contributed by atoms with Crippen LogP contribution in [0.1, 0.15) is 77.6 Å². The van der Waals surface area contributed by atoms with Gasteiger partial charge in [-0.1, -0.05) is 128 Å². The molecule has 1 aliphatic carbocycles. The van der Waals surface area contributed by atoms with Crippen LogP contribution in [0.5, 0.6) is 0 Å². The third kappa shape index (κ3) is 4.42. The number of nitrogens with zero attached hydrogens (tertiary/aromatic N) is 1. The third-order valence-electron chi connectivity index (χ3n) is 10.9. The molecule has 50 heavy (non-hydrogen) atoms. The van der Waals surface area contributed by atoms with E-state index in [2.05, 4.69) is 169 Å². The second-order valence-corrected chi connectivity index (χ2v) is 16.6. The first-order valence-electron chi connectivity index (χ1n) is 17.8. The summed E-state index contributed by atoms with van der Waals surface area (Å²) >= 11 is 0. The highest BCUT2D eigenvalue weighted by Crippen LogP contribution is 2.53. The smallest absolute Gasteiger partial charge is 0.159 e. The zero-order chi connectivity index (χ0) is 34.7. The van der Waals surface area contributed by atoms with Gasteiger partial charge < -0.3 is 13.7 Å². The van der Waals surface area contributed by atoms with Crippen molar-refractivity contribution in [3.63, 3.8) is 0 Å². The standard InChI is InChI=1S/C47H43NO2/c1-45(2,3)28-25-34-42-38(19-14-22-41(42)50-43(34)37(26-28)46(4,5)6)48(39-20-13-17-32-31-16-10-12-21-40(31)49-44(32)39)29-23-24-36-33(27-29)30-15-9-11-18-35(30)47(36,7)8/h9-27H,1-8H3. The van der Waals surface area contributed by atoms with Crippen molar-refractivity contribution in [3.8, 4) is 11.1 Å². The summed E-state index contributed by atoms with van der Waals surface area (Å²) in [5.74, 6) is 0. The number of anilines is 3. The maximum Gasteiger partial charge on any atom is 0.159 e. The van der Waals surface area contributed by atoms with Gasteiger partial charge in [0.25, 0.3) is 0 Å². The average Bonchev–Trinajstić information content (AvgIpc) is 3.72. The number of furan rings is 2. The summed E-state index contributed by atoms with van der Waals surface area (Å²) in [6.07, 6.45) is 0. The maximum atomic E-state index is 6.87. The lowest BCUT2D eigenvalue weighted by Crippen LogP contribution is -2.16. The van der Waals surface area contributed by atoms with Crippen LogP contribution in [0.3, 0.4) is 0 Å². The first-order chi connectivity index (χ1) is 23.8. The highest BCUT2D eigenvalue weighted by Gasteiger charge is 2.36. The third-order valence-corrected chi connectivity index (χ3v) is 10.9. The molecule has 3 heteroatoms. The molecule has 2 aromatic heterocycles. The number of fused-ring (bicyclic) bond motifs is 9. The molecule has 248 valence electrons. The number of para-hydroxylation sites is 2. The average molecular weight is 654 g/mol. The van der Waals surface area contributed by atoms with Gasteiger partial charge in [0.2, 0.25) is 0 Å². The summed E-state index contributed by atoms with van der Waals surface area (Å²) < 4.78 is 13.6. The van der Waals surface area contributed by atoms with Crippen LogP contribution >= 0.6 is 0 Å². The van der Waals surface area contributed by atoms with E-state index in [9.17, 15) is 0 Å². The van der Waals surface area contributed by atoms with Crippen molar-refractivity contribution in [2.75, 3.05) is 4.90 Å². The Bertz CT molecular complexity index is 2650. The first kappa shape index (κ1) is 30.8. The molecule has 0 spiro atoms. The summed E-state index contributed by atoms with van der Waals surface area (Å²) in [7, 11) is 0. The SMILES string of the molecule is CC(C)(C)c1cc(C(C)(C)C)c2oc3cccc(N(c4ccc5c(c4)-c4ccccc4C5(C)C)c4cccc5c4oc4ccccc45)c3c2c1. The molecule has 9 rings (SSSR count). The molecule has 0 amide bonds. The topological polar surface area (TPSA) is 29.5 Å². The van der Waals surface area contributed by atoms with Crippen LogP contribution in [-0.4, -0.2) is 0 Å². The van der Waals surface area contributed by atoms with Crippen LogP contribution in [0.25, 0.3) is 55.0 Å². The fourth-order valence-electron chi connectivity index (χ4n) is 8.25. The van der Waals surface area contributed by atoms with Crippen molar-refractivity contribution in [2.24, 2.45) is 0 Å². The normalized spacial score (nSPS) is 14.2. The van der Waals surface area contributed by atoms with Crippen LogP contribution < -0.4 is 4.90 Å². The Morgan fingerprint density at radius 3 is 1.98 bits per heavy atom. The van der Waals surface area contributed by atoms with Crippen LogP contribution in [0, 0.1) is 0 Å². The molecule has 3 nitrogen and oxygen atoms in total. The molecular formula is C47H43NO2. The fourth-order valence-corrected chi connectivity index (χ4v) is 8.25. The van der Waals surface area contributed by atoms with E-state index < -0.39 is 0 Å². The van der Waals surface area contributed by atoms with E-state index in [1.165, 1.54) is 33.4 Å². The summed E-state index contributed by atoms with van der Waals surface area (Å²) in [6.45, 7) is 18.4. The van der Waals surface area contributed by atoms with Gasteiger partial charge >= 0.3 is 0 Å². The Morgan fingerprint density at radius 1 is 0.520 bits per heavy atom. The summed E-state index contributed by atoms with van der Waals surface area (Å²) in [5, 5.41) is 4.46. The van der Waals surface area contributed by atoms with Crippen molar-refractivity contribution in [1.29, 1.82) is 0 Å². The van der Waals surface area contributed by atoms with E-state index in [0.717, 1.165) is 60.9 Å². The Morgan fingerprint density at radius 2 is 1.18 bits per heavy atom. The first-order valence-corrected chi connectivity index (χ1v) is 17.8. The quantitative estimate of drug-likeness (QED) is 0.190. The Balaban J connectivity index is 1.40. The molecule has 0 saturated heterocycles. The number of hydrogen-bond donors (Lipinski definition) is 0. The lowest BCUT2D eigenvalue weighted by molar-refractivity contribution is 0.559. The fraction of sp³-hybridized carbons (Fsp3) is 0.234. The Kier molecular flexibility index (Phi) is 6.38. The van der Waals surface area contributed by atoms with Crippen molar-refractivity contribution >= 4 is 60.9 Å². The molecule has 2 heterocycles. The van der Waals surface area contributed by atoms with Crippen molar-refractivity contribution in [3.05, 3.63) is 138 Å². The van der Waals surface area contributed by atoms with Gasteiger partial charge in [0.05, 0.1) is 16.8 Å². The van der Waals surface area contributed by atoms with E-state index in [1.54, 1.807) is 0 Å². The summed E-state index contributed by atoms with van der Waals surface area (Å²) in [6, 6.07) is 41.9. The van der Waals surface area contributed by atoms with Gasteiger partial charge in [-0.25, -0.2) is 0 Å². The van der Waals surface area contributed by atoms with Gasteiger partial charge in [0.1, 0.15) is 16.7 Å². The maximum absolute atomic E-state index is 6.87. The van der Waals surface area contributed by atoms with Crippen LogP contribution in [0.4, 0.5) is 17.1 Å². The summed E-state index contributed by atoms with van der Waals surface area (Å²) in [5.41, 5.74) is 14.3. The van der Waals surface area contributed by atoms with Crippen LogP contribution in [-0.2, 0) is 16.2 Å². The molecule has 0 fully saturated rings. The molecule has 0 N–H and O–H groups in total. The lowest BCUT2D eigenvalue weighted by atomic mass is 9.79. The molecule has 0 saturated carbocycles. The van der Waals surface area contributed by atoms with Crippen LogP contribution in [0.15, 0.2) is 124 Å². The number of rotatable bonds is 3. The van der Waals surface area contributed by atoms with Gasteiger partial charge in [-0.05, 0) is 81.1 Å². The largest absolute Gasteiger partial charge is 0.456 e. The van der Waals surface area contributed by atoms with Gasteiger partial charge in [-0.3, -0.25) is 0 Å². The number of hydrogen-bond acceptors (Lipinski definition) is 3. The second kappa shape index (κ2) is 10.4. The molecule has 8 aromatic rings. The highest BCUT2D eigenvalue weighted by molar-refractivity contribution is 6.17. The highest BCUT2D eigenvalue weighted by atomic mass is 16.3. The summed E-state index contributed by atoms with van der Waals surface area (Å²) in [4.78, 5) is 2.40. The molecule has 0 aliphatic heterocycles. The zero-order valence-electron chi connectivity index (χ0n) is 30.2. The Hall–Kier alpha value is -5.28. The molecular weight excluding hydrogens is 611 g/mol.